The predicted molar refractivity (Wildman–Crippen MR) is 72.1 cm³/mol. The van der Waals surface area contributed by atoms with E-state index < -0.39 is 0 Å². The first-order chi connectivity index (χ1) is 8.06. The molecule has 3 atom stereocenters. The molecule has 1 aliphatic rings. The lowest BCUT2D eigenvalue weighted by molar-refractivity contribution is 0.716. The molecule has 0 saturated heterocycles. The molecule has 0 spiro atoms. The molecule has 0 amide bonds. The molecule has 1 heterocycles. The molecule has 0 bridgehead atoms. The van der Waals surface area contributed by atoms with Crippen molar-refractivity contribution in [1.29, 1.82) is 0 Å². The highest BCUT2D eigenvalue weighted by Crippen LogP contribution is 2.38. The highest BCUT2D eigenvalue weighted by Gasteiger charge is 2.33. The minimum absolute atomic E-state index is 0.202. The van der Waals surface area contributed by atoms with E-state index in [1.807, 2.05) is 13.1 Å². The molecule has 2 rings (SSSR count). The van der Waals surface area contributed by atoms with Crippen molar-refractivity contribution in [1.82, 2.24) is 4.98 Å². The fourth-order valence-corrected chi connectivity index (χ4v) is 2.23. The van der Waals surface area contributed by atoms with Crippen molar-refractivity contribution in [3.63, 3.8) is 0 Å². The van der Waals surface area contributed by atoms with Crippen LogP contribution in [0.1, 0.15) is 25.8 Å². The zero-order valence-electron chi connectivity index (χ0n) is 11.1. The summed E-state index contributed by atoms with van der Waals surface area (Å²) in [7, 11) is 2.12. The summed E-state index contributed by atoms with van der Waals surface area (Å²) in [5.41, 5.74) is 6.99. The summed E-state index contributed by atoms with van der Waals surface area (Å²) in [4.78, 5) is 6.76. The Labute approximate surface area is 104 Å². The van der Waals surface area contributed by atoms with Crippen LogP contribution in [-0.4, -0.2) is 24.6 Å². The molecule has 1 aromatic rings. The third-order valence-corrected chi connectivity index (χ3v) is 3.54. The van der Waals surface area contributed by atoms with E-state index >= 15 is 0 Å². The first-order valence-corrected chi connectivity index (χ1v) is 6.48. The number of anilines is 1. The highest BCUT2D eigenvalue weighted by molar-refractivity contribution is 5.38. The van der Waals surface area contributed by atoms with E-state index in [4.69, 9.17) is 5.73 Å². The van der Waals surface area contributed by atoms with Gasteiger partial charge < -0.3 is 10.6 Å². The second-order valence-corrected chi connectivity index (χ2v) is 5.56. The molecule has 3 heteroatoms. The van der Waals surface area contributed by atoms with Gasteiger partial charge in [0.15, 0.2) is 0 Å². The second kappa shape index (κ2) is 5.05. The Balaban J connectivity index is 1.92. The maximum absolute atomic E-state index is 5.77. The van der Waals surface area contributed by atoms with Crippen LogP contribution >= 0.6 is 0 Å². The monoisotopic (exact) mass is 233 g/mol. The maximum atomic E-state index is 5.77. The summed E-state index contributed by atoms with van der Waals surface area (Å²) in [6, 6.07) is 4.44. The smallest absolute Gasteiger partial charge is 0.128 e. The van der Waals surface area contributed by atoms with Gasteiger partial charge in [0, 0.05) is 25.8 Å². The molecule has 2 N–H and O–H groups in total. The number of rotatable bonds is 5. The van der Waals surface area contributed by atoms with Gasteiger partial charge in [-0.15, -0.1) is 0 Å². The van der Waals surface area contributed by atoms with Crippen LogP contribution in [0.4, 0.5) is 5.82 Å². The first-order valence-electron chi connectivity index (χ1n) is 6.48. The van der Waals surface area contributed by atoms with Crippen LogP contribution in [0.15, 0.2) is 18.3 Å². The van der Waals surface area contributed by atoms with Crippen LogP contribution in [0.3, 0.4) is 0 Å². The van der Waals surface area contributed by atoms with Gasteiger partial charge in [-0.25, -0.2) is 4.98 Å². The molecular formula is C14H23N3. The summed E-state index contributed by atoms with van der Waals surface area (Å²) in [5, 5.41) is 0. The molecule has 1 saturated carbocycles. The quantitative estimate of drug-likeness (QED) is 0.846. The van der Waals surface area contributed by atoms with Gasteiger partial charge in [-0.2, -0.15) is 0 Å². The lowest BCUT2D eigenvalue weighted by Gasteiger charge is -2.18. The predicted octanol–water partition coefficient (Wildman–Crippen LogP) is 2.06. The summed E-state index contributed by atoms with van der Waals surface area (Å²) in [5.74, 6) is 2.83. The van der Waals surface area contributed by atoms with Gasteiger partial charge in [0.25, 0.3) is 0 Å². The lowest BCUT2D eigenvalue weighted by atomic mass is 10.1. The Morgan fingerprint density at radius 1 is 1.53 bits per heavy atom. The van der Waals surface area contributed by atoms with E-state index in [1.54, 1.807) is 0 Å². The molecule has 17 heavy (non-hydrogen) atoms. The van der Waals surface area contributed by atoms with Gasteiger partial charge in [-0.05, 0) is 43.2 Å². The molecule has 1 aliphatic carbocycles. The summed E-state index contributed by atoms with van der Waals surface area (Å²) >= 11 is 0. The molecular weight excluding hydrogens is 210 g/mol. The Hall–Kier alpha value is -1.09. The van der Waals surface area contributed by atoms with E-state index in [1.165, 1.54) is 12.0 Å². The topological polar surface area (TPSA) is 42.1 Å². The Morgan fingerprint density at radius 2 is 2.24 bits per heavy atom. The number of aromatic nitrogens is 1. The van der Waals surface area contributed by atoms with Gasteiger partial charge in [0.05, 0.1) is 0 Å². The van der Waals surface area contributed by atoms with Crippen molar-refractivity contribution in [2.75, 3.05) is 18.5 Å². The zero-order valence-corrected chi connectivity index (χ0v) is 11.1. The number of pyridine rings is 1. The van der Waals surface area contributed by atoms with Crippen molar-refractivity contribution in [2.45, 2.75) is 32.7 Å². The van der Waals surface area contributed by atoms with Crippen LogP contribution in [0.25, 0.3) is 0 Å². The fourth-order valence-electron chi connectivity index (χ4n) is 2.23. The molecule has 1 fully saturated rings. The molecule has 0 radical (unpaired) electrons. The summed E-state index contributed by atoms with van der Waals surface area (Å²) < 4.78 is 0. The first kappa shape index (κ1) is 12.4. The lowest BCUT2D eigenvalue weighted by Crippen LogP contribution is -2.22. The fraction of sp³-hybridized carbons (Fsp3) is 0.643. The molecule has 3 unspecified atom stereocenters. The van der Waals surface area contributed by atoms with Gasteiger partial charge in [-0.3, -0.25) is 0 Å². The second-order valence-electron chi connectivity index (χ2n) is 5.56. The highest BCUT2D eigenvalue weighted by atomic mass is 15.2. The standard InChI is InChI=1S/C14H23N3/c1-10-6-13(10)9-17(3)14-5-4-12(8-16-14)7-11(2)15/h4-5,8,10-11,13H,6-7,9,15H2,1-3H3. The third-order valence-electron chi connectivity index (χ3n) is 3.54. The zero-order chi connectivity index (χ0) is 12.4. The van der Waals surface area contributed by atoms with E-state index in [2.05, 4.69) is 36.0 Å². The maximum Gasteiger partial charge on any atom is 0.128 e. The van der Waals surface area contributed by atoms with Gasteiger partial charge >= 0.3 is 0 Å². The average molecular weight is 233 g/mol. The van der Waals surface area contributed by atoms with Gasteiger partial charge in [0.1, 0.15) is 5.82 Å². The minimum atomic E-state index is 0.202. The van der Waals surface area contributed by atoms with E-state index in [9.17, 15) is 0 Å². The summed E-state index contributed by atoms with van der Waals surface area (Å²) in [6.45, 7) is 5.47. The largest absolute Gasteiger partial charge is 0.359 e. The molecule has 3 nitrogen and oxygen atoms in total. The third kappa shape index (κ3) is 3.43. The van der Waals surface area contributed by atoms with E-state index in [0.29, 0.717) is 0 Å². The number of hydrogen-bond donors (Lipinski definition) is 1. The van der Waals surface area contributed by atoms with Crippen LogP contribution in [0.5, 0.6) is 0 Å². The van der Waals surface area contributed by atoms with Crippen molar-refractivity contribution in [3.8, 4) is 0 Å². The van der Waals surface area contributed by atoms with Crippen LogP contribution in [0, 0.1) is 11.8 Å². The van der Waals surface area contributed by atoms with Crippen molar-refractivity contribution in [2.24, 2.45) is 17.6 Å². The minimum Gasteiger partial charge on any atom is -0.359 e. The number of nitrogens with two attached hydrogens (primary N) is 1. The van der Waals surface area contributed by atoms with Crippen LogP contribution in [-0.2, 0) is 6.42 Å². The van der Waals surface area contributed by atoms with Gasteiger partial charge in [0.2, 0.25) is 0 Å². The SMILES string of the molecule is CC(N)Cc1ccc(N(C)CC2CC2C)nc1. The van der Waals surface area contributed by atoms with Crippen molar-refractivity contribution in [3.05, 3.63) is 23.9 Å². The Bertz CT molecular complexity index is 358. The summed E-state index contributed by atoms with van der Waals surface area (Å²) in [6.07, 6.45) is 4.22. The Morgan fingerprint density at radius 3 is 2.71 bits per heavy atom. The number of hydrogen-bond acceptors (Lipinski definition) is 3. The molecule has 94 valence electrons. The van der Waals surface area contributed by atoms with Crippen molar-refractivity contribution >= 4 is 5.82 Å². The molecule has 0 aromatic carbocycles. The Kier molecular flexibility index (Phi) is 3.67. The van der Waals surface area contributed by atoms with E-state index in [-0.39, 0.29) is 6.04 Å². The van der Waals surface area contributed by atoms with Crippen LogP contribution in [0.2, 0.25) is 0 Å². The average Bonchev–Trinajstić information content (AvgIpc) is 2.94. The van der Waals surface area contributed by atoms with Crippen molar-refractivity contribution < 1.29 is 0 Å². The van der Waals surface area contributed by atoms with Gasteiger partial charge in [-0.1, -0.05) is 13.0 Å². The number of nitrogens with zero attached hydrogens (tertiary/aromatic N) is 2. The molecule has 0 aliphatic heterocycles. The molecule has 1 aromatic heterocycles. The van der Waals surface area contributed by atoms with Crippen LogP contribution < -0.4 is 10.6 Å². The van der Waals surface area contributed by atoms with E-state index in [0.717, 1.165) is 30.6 Å². The normalized spacial score (nSPS) is 24.5.